The highest BCUT2D eigenvalue weighted by atomic mass is 15.1. The van der Waals surface area contributed by atoms with Crippen molar-refractivity contribution in [3.05, 3.63) is 102 Å². The van der Waals surface area contributed by atoms with Crippen LogP contribution >= 0.6 is 0 Å². The molecule has 2 nitrogen and oxygen atoms in total. The van der Waals surface area contributed by atoms with Gasteiger partial charge in [-0.2, -0.15) is 0 Å². The number of nitrogens with zero attached hydrogens (tertiary/aromatic N) is 2. The Morgan fingerprint density at radius 2 is 1.07 bits per heavy atom. The van der Waals surface area contributed by atoms with Crippen LogP contribution in [-0.2, 0) is 6.42 Å². The third-order valence-corrected chi connectivity index (χ3v) is 9.90. The zero-order valence-corrected chi connectivity index (χ0v) is 24.6. The molecule has 0 spiro atoms. The summed E-state index contributed by atoms with van der Waals surface area (Å²) < 4.78 is 0. The number of rotatable bonds is 4. The molecule has 210 valence electrons. The Morgan fingerprint density at radius 1 is 0.476 bits per heavy atom. The molecule has 42 heavy (non-hydrogen) atoms. The largest absolute Gasteiger partial charge is 0.372 e. The van der Waals surface area contributed by atoms with E-state index in [2.05, 4.69) is 107 Å². The third-order valence-electron chi connectivity index (χ3n) is 9.90. The zero-order chi connectivity index (χ0) is 27.9. The van der Waals surface area contributed by atoms with Crippen molar-refractivity contribution in [1.29, 1.82) is 0 Å². The van der Waals surface area contributed by atoms with E-state index in [1.807, 2.05) is 0 Å². The topological polar surface area (TPSA) is 6.48 Å². The van der Waals surface area contributed by atoms with E-state index >= 15 is 0 Å². The van der Waals surface area contributed by atoms with Gasteiger partial charge in [-0.15, -0.1) is 0 Å². The minimum Gasteiger partial charge on any atom is -0.372 e. The van der Waals surface area contributed by atoms with Crippen molar-refractivity contribution in [2.75, 3.05) is 36.0 Å². The minimum atomic E-state index is 1.12. The number of hydrogen-bond acceptors (Lipinski definition) is 2. The van der Waals surface area contributed by atoms with E-state index in [1.165, 1.54) is 105 Å². The molecule has 0 radical (unpaired) electrons. The van der Waals surface area contributed by atoms with E-state index in [0.29, 0.717) is 0 Å². The lowest BCUT2D eigenvalue weighted by molar-refractivity contribution is 0.578. The van der Waals surface area contributed by atoms with Crippen LogP contribution in [0.15, 0.2) is 91.0 Å². The number of anilines is 2. The highest BCUT2D eigenvalue weighted by Crippen LogP contribution is 2.46. The van der Waals surface area contributed by atoms with Crippen molar-refractivity contribution < 1.29 is 0 Å². The first-order valence-electron chi connectivity index (χ1n) is 16.2. The average molecular weight is 549 g/mol. The lowest BCUT2D eigenvalue weighted by Crippen LogP contribution is -2.29. The summed E-state index contributed by atoms with van der Waals surface area (Å²) >= 11 is 0. The highest BCUT2D eigenvalue weighted by molar-refractivity contribution is 6.22. The maximum absolute atomic E-state index is 2.61. The summed E-state index contributed by atoms with van der Waals surface area (Å²) in [6, 6.07) is 33.0. The summed E-state index contributed by atoms with van der Waals surface area (Å²) in [7, 11) is 0. The zero-order valence-electron chi connectivity index (χ0n) is 24.6. The van der Waals surface area contributed by atoms with Gasteiger partial charge in [-0.3, -0.25) is 0 Å². The molecule has 2 fully saturated rings. The second kappa shape index (κ2) is 11.0. The molecule has 2 saturated heterocycles. The maximum atomic E-state index is 2.61. The van der Waals surface area contributed by atoms with E-state index in [1.54, 1.807) is 0 Å². The number of allylic oxidation sites excluding steroid dienone is 1. The van der Waals surface area contributed by atoms with Gasteiger partial charge >= 0.3 is 0 Å². The van der Waals surface area contributed by atoms with Crippen LogP contribution in [-0.4, -0.2) is 26.2 Å². The summed E-state index contributed by atoms with van der Waals surface area (Å²) in [6.07, 6.45) is 14.7. The predicted molar refractivity (Wildman–Crippen MR) is 182 cm³/mol. The third kappa shape index (κ3) is 4.58. The second-order valence-corrected chi connectivity index (χ2v) is 12.5. The summed E-state index contributed by atoms with van der Waals surface area (Å²) in [5.74, 6) is 0. The van der Waals surface area contributed by atoms with Gasteiger partial charge in [0.05, 0.1) is 0 Å². The fourth-order valence-corrected chi connectivity index (χ4v) is 7.72. The van der Waals surface area contributed by atoms with Crippen LogP contribution in [0.25, 0.3) is 49.9 Å². The molecule has 0 bridgehead atoms. The van der Waals surface area contributed by atoms with Gasteiger partial charge in [0.2, 0.25) is 0 Å². The van der Waals surface area contributed by atoms with Crippen LogP contribution in [0.5, 0.6) is 0 Å². The Hall–Kier alpha value is -4.04. The number of hydrogen-bond donors (Lipinski definition) is 0. The van der Waals surface area contributed by atoms with Gasteiger partial charge in [0.1, 0.15) is 0 Å². The van der Waals surface area contributed by atoms with Crippen LogP contribution in [0.3, 0.4) is 0 Å². The van der Waals surface area contributed by atoms with Gasteiger partial charge in [0.25, 0.3) is 0 Å². The molecule has 2 heterocycles. The van der Waals surface area contributed by atoms with Crippen molar-refractivity contribution in [2.45, 2.75) is 51.4 Å². The molecule has 0 unspecified atom stereocenters. The van der Waals surface area contributed by atoms with E-state index in [4.69, 9.17) is 0 Å². The fraction of sp³-hybridized carbons (Fsp3) is 0.300. The lowest BCUT2D eigenvalue weighted by atomic mass is 9.84. The van der Waals surface area contributed by atoms with E-state index in [9.17, 15) is 0 Å². The summed E-state index contributed by atoms with van der Waals surface area (Å²) in [4.78, 5) is 5.21. The molecular weight excluding hydrogens is 508 g/mol. The molecule has 0 amide bonds. The summed E-state index contributed by atoms with van der Waals surface area (Å²) in [5, 5.41) is 5.47. The van der Waals surface area contributed by atoms with Crippen LogP contribution in [0.2, 0.25) is 0 Å². The fourth-order valence-electron chi connectivity index (χ4n) is 7.72. The Kier molecular flexibility index (Phi) is 6.71. The molecule has 2 heteroatoms. The first kappa shape index (κ1) is 25.7. The number of fused-ring (bicyclic) bond motifs is 3. The summed E-state index contributed by atoms with van der Waals surface area (Å²) in [5.41, 5.74) is 11.0. The van der Waals surface area contributed by atoms with E-state index in [0.717, 1.165) is 39.0 Å². The Bertz CT molecular complexity index is 1790. The van der Waals surface area contributed by atoms with Crippen molar-refractivity contribution >= 4 is 39.0 Å². The van der Waals surface area contributed by atoms with Crippen LogP contribution in [0.1, 0.15) is 56.1 Å². The molecule has 1 aliphatic carbocycles. The van der Waals surface area contributed by atoms with Crippen molar-refractivity contribution in [3.8, 4) is 22.3 Å². The normalized spacial score (nSPS) is 17.1. The Balaban J connectivity index is 1.44. The number of benzene rings is 5. The molecule has 3 aliphatic rings. The quantitative estimate of drug-likeness (QED) is 0.206. The monoisotopic (exact) mass is 548 g/mol. The highest BCUT2D eigenvalue weighted by Gasteiger charge is 2.21. The Morgan fingerprint density at radius 3 is 1.69 bits per heavy atom. The van der Waals surface area contributed by atoms with E-state index in [-0.39, 0.29) is 0 Å². The summed E-state index contributed by atoms with van der Waals surface area (Å²) in [6.45, 7) is 4.63. The van der Waals surface area contributed by atoms with Gasteiger partial charge in [0, 0.05) is 37.6 Å². The minimum absolute atomic E-state index is 1.12. The molecule has 5 aromatic rings. The molecule has 5 aromatic carbocycles. The van der Waals surface area contributed by atoms with Gasteiger partial charge in [-0.1, -0.05) is 72.8 Å². The molecule has 0 atom stereocenters. The molecule has 8 rings (SSSR count). The molecular formula is C40H40N2. The molecule has 0 saturated carbocycles. The smallest absolute Gasteiger partial charge is 0.0372 e. The van der Waals surface area contributed by atoms with Crippen LogP contribution < -0.4 is 9.80 Å². The molecule has 0 N–H and O–H groups in total. The van der Waals surface area contributed by atoms with Crippen molar-refractivity contribution in [1.82, 2.24) is 0 Å². The lowest BCUT2D eigenvalue weighted by Gasteiger charge is -2.30. The Labute approximate surface area is 250 Å². The van der Waals surface area contributed by atoms with Gasteiger partial charge < -0.3 is 9.80 Å². The van der Waals surface area contributed by atoms with Crippen LogP contribution in [0, 0.1) is 0 Å². The average Bonchev–Trinajstić information content (AvgIpc) is 3.07. The maximum Gasteiger partial charge on any atom is 0.0372 e. The number of aryl methyl sites for hydroxylation is 1. The second-order valence-electron chi connectivity index (χ2n) is 12.5. The predicted octanol–water partition coefficient (Wildman–Crippen LogP) is 10.3. The standard InChI is InChI=1S/C40H40N2/c1-4-13-30(14-5-1)39-35-20-18-34(42-24-10-3-11-25-42)28-38(35)40(32-17-16-29-12-6-7-15-31(29)26-32)36-21-19-33(27-37(36)39)41-22-8-2-9-23-41/h1,4-6,12-14,16-21,26-28H,2-3,7-11,15,22-25H2. The SMILES string of the molecule is C1=Cc2ccc(-c3c4ccc(N5CCCCC5)cc4c(-c4ccccc4)c4ccc(N5CCCCC5)cc34)cc2CC1. The first-order valence-corrected chi connectivity index (χ1v) is 16.2. The van der Waals surface area contributed by atoms with Gasteiger partial charge in [0.15, 0.2) is 0 Å². The molecule has 2 aliphatic heterocycles. The van der Waals surface area contributed by atoms with E-state index < -0.39 is 0 Å². The van der Waals surface area contributed by atoms with Crippen LogP contribution in [0.4, 0.5) is 11.4 Å². The first-order chi connectivity index (χ1) is 20.8. The van der Waals surface area contributed by atoms with Gasteiger partial charge in [-0.25, -0.2) is 0 Å². The number of piperidine rings is 2. The molecule has 0 aromatic heterocycles. The van der Waals surface area contributed by atoms with Gasteiger partial charge in [-0.05, 0) is 131 Å². The van der Waals surface area contributed by atoms with Crippen molar-refractivity contribution in [2.24, 2.45) is 0 Å². The van der Waals surface area contributed by atoms with Crippen molar-refractivity contribution in [3.63, 3.8) is 0 Å².